The number of hydrogen-bond donors (Lipinski definition) is 1. The summed E-state index contributed by atoms with van der Waals surface area (Å²) in [7, 11) is 0. The Morgan fingerprint density at radius 2 is 1.47 bits per heavy atom. The van der Waals surface area contributed by atoms with Gasteiger partial charge in [-0.1, -0.05) is 56.2 Å². The van der Waals surface area contributed by atoms with Crippen molar-refractivity contribution in [3.8, 4) is 11.4 Å². The van der Waals surface area contributed by atoms with Gasteiger partial charge in [0, 0.05) is 34.8 Å². The average Bonchev–Trinajstić information content (AvgIpc) is 2.83. The number of carbonyl (C=O) groups excluding carboxylic acids is 1. The van der Waals surface area contributed by atoms with Gasteiger partial charge in [-0.15, -0.1) is 0 Å². The topological polar surface area (TPSA) is 74.3 Å². The van der Waals surface area contributed by atoms with Crippen molar-refractivity contribution in [3.63, 3.8) is 0 Å². The molecule has 170 valence electrons. The minimum absolute atomic E-state index is 0.116. The van der Waals surface area contributed by atoms with Gasteiger partial charge in [0.2, 0.25) is 5.91 Å². The maximum Gasteiger partial charge on any atom is 0.255 e. The van der Waals surface area contributed by atoms with Crippen LogP contribution in [0.25, 0.3) is 5.69 Å². The predicted octanol–water partition coefficient (Wildman–Crippen LogP) is 6.27. The molecule has 0 spiro atoms. The minimum Gasteiger partial charge on any atom is -0.426 e. The van der Waals surface area contributed by atoms with Gasteiger partial charge in [0.15, 0.2) is 0 Å². The van der Waals surface area contributed by atoms with E-state index in [1.54, 1.807) is 54.7 Å². The molecule has 4 rings (SSSR count). The first kappa shape index (κ1) is 25.6. The summed E-state index contributed by atoms with van der Waals surface area (Å²) in [5.41, 5.74) is 6.14. The smallest absolute Gasteiger partial charge is 0.255 e. The number of nitrogens with zero attached hydrogens (tertiary/aromatic N) is 1. The minimum atomic E-state index is -0.480. The van der Waals surface area contributed by atoms with Gasteiger partial charge in [-0.25, -0.2) is 0 Å². The zero-order valence-electron chi connectivity index (χ0n) is 18.2. The Labute approximate surface area is 198 Å². The third kappa shape index (κ3) is 9.20. The molecule has 0 bridgehead atoms. The highest BCUT2D eigenvalue weighted by Gasteiger charge is 2.01. The molecule has 1 amide bonds. The number of halogens is 1. The second kappa shape index (κ2) is 14.4. The lowest BCUT2D eigenvalue weighted by atomic mass is 10.0. The number of amides is 1. The van der Waals surface area contributed by atoms with E-state index in [1.807, 2.05) is 18.4 Å². The van der Waals surface area contributed by atoms with Crippen LogP contribution < -0.4 is 15.5 Å². The lowest BCUT2D eigenvalue weighted by Crippen LogP contribution is -2.16. The molecule has 0 atom stereocenters. The van der Waals surface area contributed by atoms with Crippen molar-refractivity contribution in [1.82, 2.24) is 4.57 Å². The SMILES string of the molecule is C1CCCCC1.CSOc1ccc(Cl)cc1.NC(=O)c1ccc(-n2ccccc2=O)cc1. The van der Waals surface area contributed by atoms with E-state index in [0.717, 1.165) is 10.8 Å². The van der Waals surface area contributed by atoms with Crippen LogP contribution in [-0.2, 0) is 0 Å². The molecule has 0 aliphatic heterocycles. The third-order valence-electron chi connectivity index (χ3n) is 4.75. The molecule has 7 heteroatoms. The standard InChI is InChI=1S/C12H10N2O2.C7H7ClOS.C6H12/c13-12(16)9-4-6-10(7-5-9)14-8-2-1-3-11(14)15;1-10-9-7-4-2-6(8)3-5-7;1-2-4-6-5-3-1/h1-8H,(H2,13,16);2-5H,1H3;1-6H2. The Bertz CT molecular complexity index is 989. The van der Waals surface area contributed by atoms with Crippen molar-refractivity contribution in [2.24, 2.45) is 5.73 Å². The highest BCUT2D eigenvalue weighted by molar-refractivity contribution is 7.94. The molecule has 1 fully saturated rings. The number of carbonyl (C=O) groups is 1. The van der Waals surface area contributed by atoms with Gasteiger partial charge in [-0.2, -0.15) is 0 Å². The average molecular weight is 473 g/mol. The fraction of sp³-hybridized carbons (Fsp3) is 0.280. The Morgan fingerprint density at radius 3 is 1.94 bits per heavy atom. The number of rotatable bonds is 4. The van der Waals surface area contributed by atoms with Crippen LogP contribution in [0.3, 0.4) is 0 Å². The number of nitrogens with two attached hydrogens (primary N) is 1. The Morgan fingerprint density at radius 1 is 0.906 bits per heavy atom. The highest BCUT2D eigenvalue weighted by Crippen LogP contribution is 2.18. The van der Waals surface area contributed by atoms with E-state index in [4.69, 9.17) is 21.5 Å². The van der Waals surface area contributed by atoms with Gasteiger partial charge in [0.25, 0.3) is 5.56 Å². The second-order valence-corrected chi connectivity index (χ2v) is 8.08. The largest absolute Gasteiger partial charge is 0.426 e. The van der Waals surface area contributed by atoms with Crippen LogP contribution >= 0.6 is 23.6 Å². The quantitative estimate of drug-likeness (QED) is 0.454. The Balaban J connectivity index is 0.000000192. The lowest BCUT2D eigenvalue weighted by Gasteiger charge is -2.05. The van der Waals surface area contributed by atoms with Gasteiger partial charge < -0.3 is 9.92 Å². The number of primary amides is 1. The fourth-order valence-corrected chi connectivity index (χ4v) is 3.50. The molecule has 2 N–H and O–H groups in total. The summed E-state index contributed by atoms with van der Waals surface area (Å²) in [5.74, 6) is 0.351. The van der Waals surface area contributed by atoms with Gasteiger partial charge in [0.1, 0.15) is 5.75 Å². The van der Waals surface area contributed by atoms with E-state index in [-0.39, 0.29) is 5.56 Å². The first-order valence-corrected chi connectivity index (χ1v) is 12.1. The molecule has 1 aromatic heterocycles. The van der Waals surface area contributed by atoms with Crippen LogP contribution in [0.2, 0.25) is 5.02 Å². The molecular weight excluding hydrogens is 444 g/mol. The van der Waals surface area contributed by atoms with Crippen LogP contribution in [0.15, 0.2) is 77.7 Å². The number of aromatic nitrogens is 1. The summed E-state index contributed by atoms with van der Waals surface area (Å²) in [6.07, 6.45) is 12.5. The second-order valence-electron chi connectivity index (χ2n) is 7.15. The number of pyridine rings is 1. The van der Waals surface area contributed by atoms with Gasteiger partial charge in [0.05, 0.1) is 12.0 Å². The van der Waals surface area contributed by atoms with Gasteiger partial charge in [-0.05, 0) is 54.6 Å². The summed E-state index contributed by atoms with van der Waals surface area (Å²) in [4.78, 5) is 22.4. The molecule has 32 heavy (non-hydrogen) atoms. The first-order chi connectivity index (χ1) is 15.5. The van der Waals surface area contributed by atoms with Crippen LogP contribution in [0.4, 0.5) is 0 Å². The normalized spacial score (nSPS) is 12.4. The molecule has 5 nitrogen and oxygen atoms in total. The first-order valence-electron chi connectivity index (χ1n) is 10.6. The Hall–Kier alpha value is -2.70. The molecule has 0 radical (unpaired) electrons. The molecule has 1 saturated carbocycles. The maximum absolute atomic E-state index is 11.5. The summed E-state index contributed by atoms with van der Waals surface area (Å²) >= 11 is 6.97. The molecule has 0 unspecified atom stereocenters. The molecule has 2 aromatic carbocycles. The monoisotopic (exact) mass is 472 g/mol. The van der Waals surface area contributed by atoms with E-state index in [9.17, 15) is 9.59 Å². The van der Waals surface area contributed by atoms with E-state index in [0.29, 0.717) is 11.3 Å². The summed E-state index contributed by atoms with van der Waals surface area (Å²) in [6, 6.07) is 18.7. The van der Waals surface area contributed by atoms with Crippen molar-refractivity contribution < 1.29 is 8.98 Å². The fourth-order valence-electron chi connectivity index (χ4n) is 3.07. The predicted molar refractivity (Wildman–Crippen MR) is 134 cm³/mol. The van der Waals surface area contributed by atoms with Crippen LogP contribution in [0.5, 0.6) is 5.75 Å². The molecule has 1 aliphatic carbocycles. The van der Waals surface area contributed by atoms with Gasteiger partial charge in [-0.3, -0.25) is 14.2 Å². The van der Waals surface area contributed by atoms with Gasteiger partial charge >= 0.3 is 0 Å². The zero-order valence-corrected chi connectivity index (χ0v) is 19.8. The summed E-state index contributed by atoms with van der Waals surface area (Å²) < 4.78 is 6.61. The van der Waals surface area contributed by atoms with Crippen molar-refractivity contribution in [1.29, 1.82) is 0 Å². The molecule has 0 saturated heterocycles. The molecule has 1 heterocycles. The third-order valence-corrected chi connectivity index (χ3v) is 5.36. The van der Waals surface area contributed by atoms with E-state index in [1.165, 1.54) is 61.2 Å². The van der Waals surface area contributed by atoms with Crippen LogP contribution in [0, 0.1) is 0 Å². The summed E-state index contributed by atoms with van der Waals surface area (Å²) in [5, 5.41) is 0.730. The zero-order chi connectivity index (χ0) is 23.2. The molecule has 3 aromatic rings. The molecule has 1 aliphatic rings. The molecular formula is C25H29ClN2O3S. The van der Waals surface area contributed by atoms with Crippen molar-refractivity contribution >= 4 is 29.6 Å². The maximum atomic E-state index is 11.5. The highest BCUT2D eigenvalue weighted by atomic mass is 35.5. The van der Waals surface area contributed by atoms with E-state index in [2.05, 4.69) is 0 Å². The van der Waals surface area contributed by atoms with E-state index >= 15 is 0 Å². The van der Waals surface area contributed by atoms with Crippen molar-refractivity contribution in [2.75, 3.05) is 6.26 Å². The van der Waals surface area contributed by atoms with Crippen LogP contribution in [-0.4, -0.2) is 16.7 Å². The Kier molecular flexibility index (Phi) is 11.5. The van der Waals surface area contributed by atoms with Crippen LogP contribution in [0.1, 0.15) is 48.9 Å². The number of hydrogen-bond acceptors (Lipinski definition) is 4. The van der Waals surface area contributed by atoms with E-state index < -0.39 is 5.91 Å². The number of benzene rings is 2. The van der Waals surface area contributed by atoms with Crippen molar-refractivity contribution in [3.05, 3.63) is 93.9 Å². The lowest BCUT2D eigenvalue weighted by molar-refractivity contribution is 0.100. The van der Waals surface area contributed by atoms with Crippen molar-refractivity contribution in [2.45, 2.75) is 38.5 Å². The summed E-state index contributed by atoms with van der Waals surface area (Å²) in [6.45, 7) is 0.